The molecule has 13 heavy (non-hydrogen) atoms. The van der Waals surface area contributed by atoms with Crippen molar-refractivity contribution in [2.45, 2.75) is 0 Å². The van der Waals surface area contributed by atoms with Crippen molar-refractivity contribution in [2.24, 2.45) is 0 Å². The Hall–Kier alpha value is 0.913. The van der Waals surface area contributed by atoms with Gasteiger partial charge in [0.2, 0.25) is 0 Å². The van der Waals surface area contributed by atoms with E-state index in [9.17, 15) is 4.57 Å². The van der Waals surface area contributed by atoms with E-state index in [-0.39, 0.29) is 26.2 Å². The van der Waals surface area contributed by atoms with Crippen LogP contribution in [0.5, 0.6) is 0 Å². The Morgan fingerprint density at radius 2 is 1.08 bits per heavy atom. The first-order valence-corrected chi connectivity index (χ1v) is 4.79. The van der Waals surface area contributed by atoms with Crippen LogP contribution in [0.3, 0.4) is 0 Å². The van der Waals surface area contributed by atoms with Gasteiger partial charge in [0.15, 0.2) is 0 Å². The number of rotatable bonds is 1. The van der Waals surface area contributed by atoms with Crippen LogP contribution >= 0.6 is 7.60 Å². The van der Waals surface area contributed by atoms with Gasteiger partial charge < -0.3 is 24.7 Å². The summed E-state index contributed by atoms with van der Waals surface area (Å²) in [6.07, 6.45) is 0. The first-order chi connectivity index (χ1) is 5.56. The van der Waals surface area contributed by atoms with Gasteiger partial charge in [-0.1, -0.05) is 0 Å². The summed E-state index contributed by atoms with van der Waals surface area (Å²) < 4.78 is 14.0. The predicted octanol–water partition coefficient (Wildman–Crippen LogP) is -0.729. The largest absolute Gasteiger partial charge is 0.400 e. The molecule has 0 radical (unpaired) electrons. The molecule has 8 heteroatoms. The molecule has 0 rings (SSSR count). The Bertz CT molecular complexity index is 85.1. The summed E-state index contributed by atoms with van der Waals surface area (Å²) in [5.74, 6) is 0. The quantitative estimate of drug-likeness (QED) is 0.475. The molecule has 1 unspecified atom stereocenters. The first kappa shape index (κ1) is 29.2. The summed E-state index contributed by atoms with van der Waals surface area (Å²) in [6, 6.07) is 0. The molecule has 0 aliphatic heterocycles. The topological polar surface area (TPSA) is 107 Å². The Balaban J connectivity index is -0.0000000263. The number of aliphatic hydroxyl groups excluding tert-OH is 3. The van der Waals surface area contributed by atoms with E-state index < -0.39 is 7.60 Å². The fraction of sp³-hybridized carbons (Fsp3) is 1.00. The Kier molecular flexibility index (Phi) is 65.7. The number of hydrogen-bond donors (Lipinski definition) is 4. The van der Waals surface area contributed by atoms with Crippen molar-refractivity contribution in [3.05, 3.63) is 0 Å². The van der Waals surface area contributed by atoms with Crippen LogP contribution in [0.15, 0.2) is 0 Å². The minimum absolute atomic E-state index is 0. The molecule has 0 bridgehead atoms. The van der Waals surface area contributed by atoms with E-state index in [4.69, 9.17) is 20.2 Å². The van der Waals surface area contributed by atoms with Crippen LogP contribution < -0.4 is 0 Å². The standard InChI is InChI=1S/C2H7O3P.3CH4O.Zr/c1-5-6(2,3)4;3*1-2;/h1-2H3,(H,3,4);3*2H,1H3;. The van der Waals surface area contributed by atoms with Crippen LogP contribution in [0.2, 0.25) is 0 Å². The molecule has 0 saturated carbocycles. The molecule has 0 fully saturated rings. The third kappa shape index (κ3) is 100. The molecule has 0 aromatic heterocycles. The normalized spacial score (nSPS) is 10.5. The molecule has 0 aliphatic rings. The average molecular weight is 297 g/mol. The smallest absolute Gasteiger partial charge is 0.324 e. The molecule has 0 aliphatic carbocycles. The minimum Gasteiger partial charge on any atom is -0.400 e. The molecule has 0 spiro atoms. The maximum atomic E-state index is 9.92. The first-order valence-electron chi connectivity index (χ1n) is 2.76. The molecule has 0 amide bonds. The summed E-state index contributed by atoms with van der Waals surface area (Å²) in [5, 5.41) is 21.0. The van der Waals surface area contributed by atoms with Crippen LogP contribution in [0.4, 0.5) is 0 Å². The van der Waals surface area contributed by atoms with E-state index in [1.54, 1.807) is 0 Å². The van der Waals surface area contributed by atoms with Crippen molar-refractivity contribution >= 4 is 7.60 Å². The SMILES string of the molecule is CO.CO.CO.COP(C)(=O)O.[Zr]. The maximum absolute atomic E-state index is 9.92. The number of aliphatic hydroxyl groups is 3. The van der Waals surface area contributed by atoms with E-state index >= 15 is 0 Å². The van der Waals surface area contributed by atoms with Crippen LogP contribution in [0, 0.1) is 0 Å². The van der Waals surface area contributed by atoms with Crippen molar-refractivity contribution in [2.75, 3.05) is 35.1 Å². The van der Waals surface area contributed by atoms with E-state index in [1.165, 1.54) is 7.11 Å². The minimum atomic E-state index is -3.15. The summed E-state index contributed by atoms with van der Waals surface area (Å²) in [7, 11) is 1.05. The Morgan fingerprint density at radius 3 is 1.08 bits per heavy atom. The van der Waals surface area contributed by atoms with Gasteiger partial charge in [-0.3, -0.25) is 4.57 Å². The van der Waals surface area contributed by atoms with Crippen molar-refractivity contribution in [1.82, 2.24) is 0 Å². The van der Waals surface area contributed by atoms with E-state index in [1.807, 2.05) is 0 Å². The maximum Gasteiger partial charge on any atom is 0.324 e. The predicted molar refractivity (Wildman–Crippen MR) is 47.2 cm³/mol. The third-order valence-corrected chi connectivity index (χ3v) is 1.02. The molecule has 6 nitrogen and oxygen atoms in total. The summed E-state index contributed by atoms with van der Waals surface area (Å²) in [6.45, 7) is 1.13. The zero-order valence-electron chi connectivity index (χ0n) is 8.55. The van der Waals surface area contributed by atoms with Gasteiger partial charge in [0, 0.05) is 61.3 Å². The molecule has 0 saturated heterocycles. The van der Waals surface area contributed by atoms with Crippen LogP contribution in [0.1, 0.15) is 0 Å². The monoisotopic (exact) mass is 296 g/mol. The van der Waals surface area contributed by atoms with Gasteiger partial charge in [0.25, 0.3) is 0 Å². The zero-order chi connectivity index (χ0) is 11.2. The molecular weight excluding hydrogens is 278 g/mol. The number of hydrogen-bond acceptors (Lipinski definition) is 5. The van der Waals surface area contributed by atoms with Gasteiger partial charge in [-0.05, 0) is 0 Å². The van der Waals surface area contributed by atoms with Gasteiger partial charge in [0.1, 0.15) is 0 Å². The van der Waals surface area contributed by atoms with Crippen molar-refractivity contribution < 1.29 is 55.5 Å². The fourth-order valence-electron chi connectivity index (χ4n) is 0. The van der Waals surface area contributed by atoms with Crippen LogP contribution in [-0.2, 0) is 35.3 Å². The molecular formula is C5H19O6PZr. The van der Waals surface area contributed by atoms with E-state index in [0.717, 1.165) is 28.0 Å². The summed E-state index contributed by atoms with van der Waals surface area (Å²) in [4.78, 5) is 8.16. The second-order valence-corrected chi connectivity index (χ2v) is 2.96. The second kappa shape index (κ2) is 29.3. The third-order valence-electron chi connectivity index (χ3n) is 0.339. The molecule has 0 aromatic carbocycles. The molecule has 1 atom stereocenters. The van der Waals surface area contributed by atoms with Crippen molar-refractivity contribution in [3.8, 4) is 0 Å². The van der Waals surface area contributed by atoms with Gasteiger partial charge in [-0.2, -0.15) is 0 Å². The fourth-order valence-corrected chi connectivity index (χ4v) is 0. The molecule has 84 valence electrons. The van der Waals surface area contributed by atoms with Gasteiger partial charge >= 0.3 is 7.60 Å². The molecule has 0 aromatic rings. The summed E-state index contributed by atoms with van der Waals surface area (Å²) >= 11 is 0. The Labute approximate surface area is 98.2 Å². The van der Waals surface area contributed by atoms with Gasteiger partial charge in [0.05, 0.1) is 0 Å². The average Bonchev–Trinajstić information content (AvgIpc) is 2.14. The molecule has 0 heterocycles. The zero-order valence-corrected chi connectivity index (χ0v) is 11.9. The summed E-state index contributed by atoms with van der Waals surface area (Å²) in [5.41, 5.74) is 0. The van der Waals surface area contributed by atoms with E-state index in [0.29, 0.717) is 0 Å². The van der Waals surface area contributed by atoms with Gasteiger partial charge in [-0.15, -0.1) is 0 Å². The second-order valence-electron chi connectivity index (χ2n) is 0.986. The van der Waals surface area contributed by atoms with Crippen molar-refractivity contribution in [1.29, 1.82) is 0 Å². The van der Waals surface area contributed by atoms with E-state index in [2.05, 4.69) is 4.52 Å². The Morgan fingerprint density at radius 1 is 1.00 bits per heavy atom. The van der Waals surface area contributed by atoms with Crippen molar-refractivity contribution in [3.63, 3.8) is 0 Å². The molecule has 4 N–H and O–H groups in total. The van der Waals surface area contributed by atoms with Crippen LogP contribution in [-0.4, -0.2) is 55.3 Å². The van der Waals surface area contributed by atoms with Gasteiger partial charge in [-0.25, -0.2) is 0 Å². The van der Waals surface area contributed by atoms with Crippen LogP contribution in [0.25, 0.3) is 0 Å².